The van der Waals surface area contributed by atoms with E-state index >= 15 is 0 Å². The Morgan fingerprint density at radius 1 is 1.29 bits per heavy atom. The van der Waals surface area contributed by atoms with Crippen molar-refractivity contribution in [2.45, 2.75) is 33.2 Å². The van der Waals surface area contributed by atoms with E-state index in [2.05, 4.69) is 30.3 Å². The monoisotopic (exact) mass is 270 g/mol. The standard InChI is InChI=1S/C13H16Cl2N2/c1-13(2,3)8-17-11-6-9(15)4-5-10(11)16-12(17)7-14/h4-6H,7-8H2,1-3H3. The van der Waals surface area contributed by atoms with Gasteiger partial charge in [0.25, 0.3) is 0 Å². The van der Waals surface area contributed by atoms with Gasteiger partial charge in [-0.15, -0.1) is 11.6 Å². The molecule has 0 radical (unpaired) electrons. The highest BCUT2D eigenvalue weighted by Crippen LogP contribution is 2.26. The van der Waals surface area contributed by atoms with Crippen molar-refractivity contribution < 1.29 is 0 Å². The summed E-state index contributed by atoms with van der Waals surface area (Å²) in [6.07, 6.45) is 0. The second-order valence-corrected chi connectivity index (χ2v) is 6.15. The van der Waals surface area contributed by atoms with E-state index in [1.165, 1.54) is 0 Å². The lowest BCUT2D eigenvalue weighted by Gasteiger charge is -2.20. The van der Waals surface area contributed by atoms with E-state index in [1.807, 2.05) is 18.2 Å². The lowest BCUT2D eigenvalue weighted by Crippen LogP contribution is -2.17. The SMILES string of the molecule is CC(C)(C)Cn1c(CCl)nc2ccc(Cl)cc21. The summed E-state index contributed by atoms with van der Waals surface area (Å²) in [5, 5.41) is 0.730. The molecule has 1 aromatic carbocycles. The summed E-state index contributed by atoms with van der Waals surface area (Å²) >= 11 is 12.0. The number of aromatic nitrogens is 2. The first kappa shape index (κ1) is 12.7. The van der Waals surface area contributed by atoms with Crippen molar-refractivity contribution in [1.29, 1.82) is 0 Å². The minimum Gasteiger partial charge on any atom is -0.326 e. The molecule has 0 aliphatic heterocycles. The van der Waals surface area contributed by atoms with Crippen LogP contribution in [-0.2, 0) is 12.4 Å². The van der Waals surface area contributed by atoms with Gasteiger partial charge in [0.05, 0.1) is 16.9 Å². The van der Waals surface area contributed by atoms with Gasteiger partial charge in [0.1, 0.15) is 5.82 Å². The average molecular weight is 271 g/mol. The highest BCUT2D eigenvalue weighted by Gasteiger charge is 2.17. The first-order chi connectivity index (χ1) is 7.90. The summed E-state index contributed by atoms with van der Waals surface area (Å²) in [6, 6.07) is 5.74. The summed E-state index contributed by atoms with van der Waals surface area (Å²) in [4.78, 5) is 4.53. The zero-order valence-corrected chi connectivity index (χ0v) is 11.8. The van der Waals surface area contributed by atoms with E-state index in [9.17, 15) is 0 Å². The topological polar surface area (TPSA) is 17.8 Å². The zero-order chi connectivity index (χ0) is 12.6. The molecule has 0 fully saturated rings. The van der Waals surface area contributed by atoms with Crippen molar-refractivity contribution in [3.8, 4) is 0 Å². The van der Waals surface area contributed by atoms with Gasteiger partial charge in [0, 0.05) is 11.6 Å². The van der Waals surface area contributed by atoms with Crippen molar-refractivity contribution in [2.24, 2.45) is 5.41 Å². The van der Waals surface area contributed by atoms with Crippen molar-refractivity contribution in [3.63, 3.8) is 0 Å². The molecule has 92 valence electrons. The maximum Gasteiger partial charge on any atom is 0.124 e. The number of fused-ring (bicyclic) bond motifs is 1. The highest BCUT2D eigenvalue weighted by molar-refractivity contribution is 6.31. The summed E-state index contributed by atoms with van der Waals surface area (Å²) < 4.78 is 2.16. The van der Waals surface area contributed by atoms with Gasteiger partial charge in [0.2, 0.25) is 0 Å². The fourth-order valence-corrected chi connectivity index (χ4v) is 2.27. The molecule has 17 heavy (non-hydrogen) atoms. The second-order valence-electron chi connectivity index (χ2n) is 5.44. The number of hydrogen-bond acceptors (Lipinski definition) is 1. The van der Waals surface area contributed by atoms with Crippen molar-refractivity contribution >= 4 is 34.2 Å². The van der Waals surface area contributed by atoms with Crippen LogP contribution in [0.2, 0.25) is 5.02 Å². The number of rotatable bonds is 2. The molecule has 2 aromatic rings. The highest BCUT2D eigenvalue weighted by atomic mass is 35.5. The van der Waals surface area contributed by atoms with Crippen LogP contribution < -0.4 is 0 Å². The fourth-order valence-electron chi connectivity index (χ4n) is 1.90. The average Bonchev–Trinajstić information content (AvgIpc) is 2.54. The Morgan fingerprint density at radius 2 is 2.00 bits per heavy atom. The molecule has 1 heterocycles. The fraction of sp³-hybridized carbons (Fsp3) is 0.462. The van der Waals surface area contributed by atoms with Gasteiger partial charge in [-0.1, -0.05) is 32.4 Å². The number of hydrogen-bond donors (Lipinski definition) is 0. The number of alkyl halides is 1. The van der Waals surface area contributed by atoms with E-state index in [-0.39, 0.29) is 5.41 Å². The van der Waals surface area contributed by atoms with Crippen molar-refractivity contribution in [3.05, 3.63) is 29.0 Å². The maximum absolute atomic E-state index is 6.04. The van der Waals surface area contributed by atoms with Crippen LogP contribution in [-0.4, -0.2) is 9.55 Å². The molecule has 0 N–H and O–H groups in total. The molecule has 0 amide bonds. The molecule has 0 saturated heterocycles. The van der Waals surface area contributed by atoms with Gasteiger partial charge < -0.3 is 4.57 Å². The molecule has 0 spiro atoms. The minimum absolute atomic E-state index is 0.177. The summed E-state index contributed by atoms with van der Waals surface area (Å²) in [6.45, 7) is 7.47. The lowest BCUT2D eigenvalue weighted by molar-refractivity contribution is 0.344. The van der Waals surface area contributed by atoms with Crippen LogP contribution in [0.4, 0.5) is 0 Å². The molecule has 0 atom stereocenters. The number of halogens is 2. The molecule has 1 aromatic heterocycles. The minimum atomic E-state index is 0.177. The van der Waals surface area contributed by atoms with Crippen LogP contribution in [0.5, 0.6) is 0 Å². The van der Waals surface area contributed by atoms with Gasteiger partial charge in [-0.3, -0.25) is 0 Å². The molecule has 2 rings (SSSR count). The van der Waals surface area contributed by atoms with E-state index in [0.717, 1.165) is 28.4 Å². The van der Waals surface area contributed by atoms with Crippen LogP contribution in [0, 0.1) is 5.41 Å². The lowest BCUT2D eigenvalue weighted by atomic mass is 9.97. The predicted molar refractivity (Wildman–Crippen MR) is 73.8 cm³/mol. The summed E-state index contributed by atoms with van der Waals surface area (Å²) in [5.41, 5.74) is 2.19. The summed E-state index contributed by atoms with van der Waals surface area (Å²) in [5.74, 6) is 1.32. The van der Waals surface area contributed by atoms with Crippen LogP contribution in [0.3, 0.4) is 0 Å². The first-order valence-corrected chi connectivity index (χ1v) is 6.52. The van der Waals surface area contributed by atoms with E-state index in [4.69, 9.17) is 23.2 Å². The Balaban J connectivity index is 2.60. The predicted octanol–water partition coefficient (Wildman–Crippen LogP) is 4.47. The maximum atomic E-state index is 6.04. The van der Waals surface area contributed by atoms with Crippen LogP contribution in [0.15, 0.2) is 18.2 Å². The zero-order valence-electron chi connectivity index (χ0n) is 10.3. The van der Waals surface area contributed by atoms with Gasteiger partial charge in [-0.25, -0.2) is 4.98 Å². The third-order valence-corrected chi connectivity index (χ3v) is 3.02. The Kier molecular flexibility index (Phi) is 3.37. The molecule has 0 bridgehead atoms. The molecule has 0 aliphatic carbocycles. The van der Waals surface area contributed by atoms with Crippen molar-refractivity contribution in [1.82, 2.24) is 9.55 Å². The second kappa shape index (κ2) is 4.51. The Labute approximate surface area is 112 Å². The van der Waals surface area contributed by atoms with Gasteiger partial charge in [-0.05, 0) is 23.6 Å². The molecule has 0 aliphatic rings. The van der Waals surface area contributed by atoms with E-state index < -0.39 is 0 Å². The first-order valence-electron chi connectivity index (χ1n) is 5.61. The molecular weight excluding hydrogens is 255 g/mol. The number of nitrogens with zero attached hydrogens (tertiary/aromatic N) is 2. The van der Waals surface area contributed by atoms with Crippen molar-refractivity contribution in [2.75, 3.05) is 0 Å². The largest absolute Gasteiger partial charge is 0.326 e. The molecule has 4 heteroatoms. The van der Waals surface area contributed by atoms with Crippen LogP contribution in [0.25, 0.3) is 11.0 Å². The number of imidazole rings is 1. The normalized spacial score (nSPS) is 12.3. The molecular formula is C13H16Cl2N2. The van der Waals surface area contributed by atoms with E-state index in [0.29, 0.717) is 5.88 Å². The Morgan fingerprint density at radius 3 is 2.59 bits per heavy atom. The third kappa shape index (κ3) is 2.75. The van der Waals surface area contributed by atoms with Crippen LogP contribution in [0.1, 0.15) is 26.6 Å². The van der Waals surface area contributed by atoms with Gasteiger partial charge in [0.15, 0.2) is 0 Å². The molecule has 0 saturated carbocycles. The quantitative estimate of drug-likeness (QED) is 0.736. The smallest absolute Gasteiger partial charge is 0.124 e. The summed E-state index contributed by atoms with van der Waals surface area (Å²) in [7, 11) is 0. The third-order valence-electron chi connectivity index (χ3n) is 2.54. The number of benzene rings is 1. The van der Waals surface area contributed by atoms with Crippen LogP contribution >= 0.6 is 23.2 Å². The Hall–Kier alpha value is -0.730. The van der Waals surface area contributed by atoms with E-state index in [1.54, 1.807) is 0 Å². The molecule has 2 nitrogen and oxygen atoms in total. The van der Waals surface area contributed by atoms with Gasteiger partial charge >= 0.3 is 0 Å². The molecule has 0 unspecified atom stereocenters. The Bertz CT molecular complexity index is 538. The van der Waals surface area contributed by atoms with Gasteiger partial charge in [-0.2, -0.15) is 0 Å².